The zero-order valence-electron chi connectivity index (χ0n) is 8.80. The molecular weight excluding hydrogens is 211 g/mol. The Bertz CT molecular complexity index is 397. The van der Waals surface area contributed by atoms with Crippen molar-refractivity contribution in [1.82, 2.24) is 4.98 Å². The molecule has 1 fully saturated rings. The second-order valence-electron chi connectivity index (χ2n) is 4.13. The van der Waals surface area contributed by atoms with Gasteiger partial charge in [0.05, 0.1) is 5.92 Å². The zero-order valence-corrected chi connectivity index (χ0v) is 8.80. The van der Waals surface area contributed by atoms with E-state index in [9.17, 15) is 14.5 Å². The van der Waals surface area contributed by atoms with Gasteiger partial charge in [-0.25, -0.2) is 4.98 Å². The van der Waals surface area contributed by atoms with Gasteiger partial charge in [-0.1, -0.05) is 12.5 Å². The van der Waals surface area contributed by atoms with E-state index in [0.717, 1.165) is 12.8 Å². The lowest BCUT2D eigenvalue weighted by Crippen LogP contribution is -2.31. The van der Waals surface area contributed by atoms with Crippen molar-refractivity contribution in [2.75, 3.05) is 0 Å². The highest BCUT2D eigenvalue weighted by molar-refractivity contribution is 5.18. The van der Waals surface area contributed by atoms with Crippen LogP contribution in [0.3, 0.4) is 0 Å². The lowest BCUT2D eigenvalue weighted by molar-refractivity contribution is -0.530. The average Bonchev–Trinajstić information content (AvgIpc) is 2.29. The van der Waals surface area contributed by atoms with E-state index in [-0.39, 0.29) is 10.8 Å². The molecule has 2 rings (SSSR count). The number of rotatable bonds is 2. The molecule has 0 aliphatic heterocycles. The molecule has 0 aromatic carbocycles. The zero-order chi connectivity index (χ0) is 11.5. The van der Waals surface area contributed by atoms with Crippen LogP contribution in [0, 0.1) is 16.1 Å². The summed E-state index contributed by atoms with van der Waals surface area (Å²) in [5.41, 5.74) is 0.393. The van der Waals surface area contributed by atoms with Crippen LogP contribution in [0.5, 0.6) is 0 Å². The molecule has 0 spiro atoms. The molecule has 16 heavy (non-hydrogen) atoms. The predicted molar refractivity (Wildman–Crippen MR) is 56.2 cm³/mol. The van der Waals surface area contributed by atoms with Crippen molar-refractivity contribution in [3.8, 4) is 0 Å². The van der Waals surface area contributed by atoms with E-state index in [0.29, 0.717) is 18.4 Å². The van der Waals surface area contributed by atoms with Gasteiger partial charge in [-0.3, -0.25) is 10.1 Å². The number of nitrogens with zero attached hydrogens (tertiary/aromatic N) is 2. The van der Waals surface area contributed by atoms with E-state index in [1.807, 2.05) is 0 Å². The third-order valence-corrected chi connectivity index (χ3v) is 3.19. The molecule has 5 heteroatoms. The van der Waals surface area contributed by atoms with Crippen LogP contribution < -0.4 is 0 Å². The smallest absolute Gasteiger partial charge is 0.220 e. The molecule has 0 radical (unpaired) electrons. The largest absolute Gasteiger partial charge is 0.264 e. The summed E-state index contributed by atoms with van der Waals surface area (Å²) in [4.78, 5) is 14.2. The first-order chi connectivity index (χ1) is 7.70. The van der Waals surface area contributed by atoms with Crippen LogP contribution >= 0.6 is 0 Å². The number of hydrogen-bond donors (Lipinski definition) is 0. The SMILES string of the molecule is O=[N+]([O-])C1CCCCC1c1cccnc1F. The third kappa shape index (κ3) is 2.03. The lowest BCUT2D eigenvalue weighted by Gasteiger charge is -2.25. The van der Waals surface area contributed by atoms with Crippen molar-refractivity contribution >= 4 is 0 Å². The van der Waals surface area contributed by atoms with Crippen LogP contribution in [0.15, 0.2) is 18.3 Å². The molecule has 2 unspecified atom stereocenters. The summed E-state index contributed by atoms with van der Waals surface area (Å²) in [5, 5.41) is 10.9. The Kier molecular flexibility index (Phi) is 3.12. The maximum Gasteiger partial charge on any atom is 0.220 e. The summed E-state index contributed by atoms with van der Waals surface area (Å²) >= 11 is 0. The standard InChI is InChI=1S/C11H13FN2O2/c12-11-9(5-3-7-13-11)8-4-1-2-6-10(8)14(15)16/h3,5,7-8,10H,1-2,4,6H2. The Morgan fingerprint density at radius 1 is 1.44 bits per heavy atom. The molecule has 0 bridgehead atoms. The molecule has 1 saturated carbocycles. The van der Waals surface area contributed by atoms with Gasteiger partial charge >= 0.3 is 0 Å². The van der Waals surface area contributed by atoms with E-state index in [2.05, 4.69) is 4.98 Å². The van der Waals surface area contributed by atoms with Gasteiger partial charge in [-0.05, 0) is 18.9 Å². The van der Waals surface area contributed by atoms with Crippen LogP contribution in [0.1, 0.15) is 37.2 Å². The van der Waals surface area contributed by atoms with E-state index >= 15 is 0 Å². The summed E-state index contributed by atoms with van der Waals surface area (Å²) in [6, 6.07) is 2.58. The highest BCUT2D eigenvalue weighted by Crippen LogP contribution is 2.35. The van der Waals surface area contributed by atoms with Gasteiger partial charge in [0, 0.05) is 23.1 Å². The van der Waals surface area contributed by atoms with Gasteiger partial charge in [0.25, 0.3) is 0 Å². The number of nitro groups is 1. The van der Waals surface area contributed by atoms with E-state index in [4.69, 9.17) is 0 Å². The molecule has 1 aromatic rings. The van der Waals surface area contributed by atoms with Gasteiger partial charge in [0.2, 0.25) is 12.0 Å². The highest BCUT2D eigenvalue weighted by Gasteiger charge is 2.36. The van der Waals surface area contributed by atoms with Crippen molar-refractivity contribution in [3.05, 3.63) is 40.0 Å². The lowest BCUT2D eigenvalue weighted by atomic mass is 9.81. The molecule has 0 amide bonds. The Labute approximate surface area is 92.7 Å². The van der Waals surface area contributed by atoms with Crippen LogP contribution in [0.25, 0.3) is 0 Å². The highest BCUT2D eigenvalue weighted by atomic mass is 19.1. The Morgan fingerprint density at radius 2 is 2.19 bits per heavy atom. The minimum atomic E-state index is -0.660. The van der Waals surface area contributed by atoms with Crippen LogP contribution in [0.4, 0.5) is 4.39 Å². The van der Waals surface area contributed by atoms with Crippen LogP contribution in [0.2, 0.25) is 0 Å². The Balaban J connectivity index is 2.30. The third-order valence-electron chi connectivity index (χ3n) is 3.19. The molecular formula is C11H13FN2O2. The molecule has 2 atom stereocenters. The van der Waals surface area contributed by atoms with Crippen molar-refractivity contribution in [1.29, 1.82) is 0 Å². The summed E-state index contributed by atoms with van der Waals surface area (Å²) in [6.07, 6.45) is 4.34. The van der Waals surface area contributed by atoms with Gasteiger partial charge in [0.1, 0.15) is 0 Å². The molecule has 0 saturated heterocycles. The number of halogens is 1. The molecule has 0 N–H and O–H groups in total. The summed E-state index contributed by atoms with van der Waals surface area (Å²) in [5.74, 6) is -0.890. The van der Waals surface area contributed by atoms with E-state index < -0.39 is 12.0 Å². The predicted octanol–water partition coefficient (Wildman–Crippen LogP) is 2.52. The first-order valence-electron chi connectivity index (χ1n) is 5.44. The molecule has 1 aromatic heterocycles. The molecule has 86 valence electrons. The maximum atomic E-state index is 13.5. The topological polar surface area (TPSA) is 56.0 Å². The first kappa shape index (κ1) is 11.0. The number of aromatic nitrogens is 1. The normalized spacial score (nSPS) is 25.3. The minimum Gasteiger partial charge on any atom is -0.264 e. The van der Waals surface area contributed by atoms with E-state index in [1.54, 1.807) is 12.1 Å². The van der Waals surface area contributed by atoms with Crippen molar-refractivity contribution < 1.29 is 9.31 Å². The molecule has 1 aliphatic rings. The first-order valence-corrected chi connectivity index (χ1v) is 5.44. The van der Waals surface area contributed by atoms with E-state index in [1.165, 1.54) is 6.20 Å². The average molecular weight is 224 g/mol. The fraction of sp³-hybridized carbons (Fsp3) is 0.545. The quantitative estimate of drug-likeness (QED) is 0.440. The summed E-state index contributed by atoms with van der Waals surface area (Å²) < 4.78 is 13.5. The van der Waals surface area contributed by atoms with Gasteiger partial charge in [-0.15, -0.1) is 0 Å². The summed E-state index contributed by atoms with van der Waals surface area (Å²) in [6.45, 7) is 0. The van der Waals surface area contributed by atoms with Crippen molar-refractivity contribution in [2.24, 2.45) is 0 Å². The van der Waals surface area contributed by atoms with Crippen LogP contribution in [-0.4, -0.2) is 15.9 Å². The number of hydrogen-bond acceptors (Lipinski definition) is 3. The van der Waals surface area contributed by atoms with Gasteiger partial charge in [-0.2, -0.15) is 4.39 Å². The second-order valence-corrected chi connectivity index (χ2v) is 4.13. The maximum absolute atomic E-state index is 13.5. The van der Waals surface area contributed by atoms with Crippen molar-refractivity contribution in [2.45, 2.75) is 37.6 Å². The molecule has 4 nitrogen and oxygen atoms in total. The fourth-order valence-electron chi connectivity index (χ4n) is 2.40. The summed E-state index contributed by atoms with van der Waals surface area (Å²) in [7, 11) is 0. The monoisotopic (exact) mass is 224 g/mol. The Hall–Kier alpha value is -1.52. The Morgan fingerprint density at radius 3 is 2.88 bits per heavy atom. The molecule has 1 heterocycles. The van der Waals surface area contributed by atoms with Gasteiger partial charge in [0.15, 0.2) is 0 Å². The van der Waals surface area contributed by atoms with Crippen molar-refractivity contribution in [3.63, 3.8) is 0 Å². The minimum absolute atomic E-state index is 0.281. The number of pyridine rings is 1. The van der Waals surface area contributed by atoms with Gasteiger partial charge < -0.3 is 0 Å². The second kappa shape index (κ2) is 4.55. The molecule has 1 aliphatic carbocycles. The van der Waals surface area contributed by atoms with Crippen LogP contribution in [-0.2, 0) is 0 Å². The fourth-order valence-corrected chi connectivity index (χ4v) is 2.40.